The van der Waals surface area contributed by atoms with E-state index >= 15 is 0 Å². The molecule has 0 N–H and O–H groups in total. The molecule has 0 aliphatic heterocycles. The first kappa shape index (κ1) is 27.5. The van der Waals surface area contributed by atoms with Crippen LogP contribution in [0.25, 0.3) is 0 Å². The van der Waals surface area contributed by atoms with Gasteiger partial charge in [-0.2, -0.15) is 0 Å². The minimum atomic E-state index is -4.81. The van der Waals surface area contributed by atoms with Gasteiger partial charge in [-0.3, -0.25) is 0 Å². The van der Waals surface area contributed by atoms with Gasteiger partial charge in [-0.1, -0.05) is 0 Å². The Hall–Kier alpha value is -2.04. The summed E-state index contributed by atoms with van der Waals surface area (Å²) in [7, 11) is -4.81. The Balaban J connectivity index is 2.03. The minimum absolute atomic E-state index is 0.224. The summed E-state index contributed by atoms with van der Waals surface area (Å²) in [5, 5.41) is 2.34. The Morgan fingerprint density at radius 3 is 1.29 bits per heavy atom. The molecule has 1 fully saturated rings. The summed E-state index contributed by atoms with van der Waals surface area (Å²) in [6.07, 6.45) is 5.56. The molecule has 0 saturated heterocycles. The van der Waals surface area contributed by atoms with Crippen molar-refractivity contribution in [2.45, 2.75) is 42.6 Å². The van der Waals surface area contributed by atoms with Crippen molar-refractivity contribution in [2.75, 3.05) is 0 Å². The second kappa shape index (κ2) is 11.2. The maximum absolute atomic E-state index is 13.1. The zero-order valence-electron chi connectivity index (χ0n) is 21.2. The van der Waals surface area contributed by atoms with E-state index in [0.717, 1.165) is 54.4 Å². The fourth-order valence-corrected chi connectivity index (χ4v) is 21.7. The fraction of sp³-hybridized carbons (Fsp3) is 0.226. The molecule has 7 heteroatoms. The normalized spacial score (nSPS) is 17.2. The van der Waals surface area contributed by atoms with E-state index in [-0.39, 0.29) is 15.0 Å². The van der Waals surface area contributed by atoms with Crippen molar-refractivity contribution in [2.24, 2.45) is 0 Å². The summed E-state index contributed by atoms with van der Waals surface area (Å²) in [6, 6.07) is 39.6. The third kappa shape index (κ3) is 4.66. The van der Waals surface area contributed by atoms with E-state index in [1.165, 1.54) is 4.46 Å². The van der Waals surface area contributed by atoms with Gasteiger partial charge in [0.15, 0.2) is 0 Å². The molecule has 0 radical (unpaired) electrons. The van der Waals surface area contributed by atoms with Crippen LogP contribution in [-0.2, 0) is 4.08 Å². The first-order valence-corrected chi connectivity index (χ1v) is 18.1. The number of halogens is 1. The first-order chi connectivity index (χ1) is 18.4. The van der Waals surface area contributed by atoms with Crippen LogP contribution in [0.5, 0.6) is 0 Å². The molecule has 1 aliphatic rings. The van der Waals surface area contributed by atoms with Crippen molar-refractivity contribution < 1.29 is 28.3 Å². The van der Waals surface area contributed by atoms with E-state index in [9.17, 15) is 14.0 Å². The molecule has 0 unspecified atom stereocenters. The van der Waals surface area contributed by atoms with Crippen molar-refractivity contribution in [3.8, 4) is 0 Å². The van der Waals surface area contributed by atoms with E-state index in [1.54, 1.807) is 0 Å². The molecule has 0 heterocycles. The molecular weight excluding hydrogens is 582 g/mol. The Labute approximate surface area is 233 Å². The Kier molecular flexibility index (Phi) is 8.12. The number of rotatable bonds is 8. The predicted molar refractivity (Wildman–Crippen MR) is 148 cm³/mol. The molecule has 0 bridgehead atoms. The molecule has 4 nitrogen and oxygen atoms in total. The zero-order valence-corrected chi connectivity index (χ0v) is 24.5. The van der Waals surface area contributed by atoms with Gasteiger partial charge < -0.3 is 0 Å². The molecule has 4 aromatic rings. The van der Waals surface area contributed by atoms with Crippen LogP contribution in [-0.4, -0.2) is 19.0 Å². The molecule has 38 heavy (non-hydrogen) atoms. The third-order valence-electron chi connectivity index (χ3n) is 7.68. The third-order valence-corrected chi connectivity index (χ3v) is 20.7. The van der Waals surface area contributed by atoms with Crippen LogP contribution in [0.15, 0.2) is 121 Å². The van der Waals surface area contributed by atoms with Crippen LogP contribution in [0.1, 0.15) is 38.5 Å². The average Bonchev–Trinajstić information content (AvgIpc) is 3.20. The molecule has 4 aromatic carbocycles. The van der Waals surface area contributed by atoms with Crippen molar-refractivity contribution in [3.63, 3.8) is 0 Å². The van der Waals surface area contributed by atoms with Crippen LogP contribution < -0.4 is 34.4 Å². The molecule has 0 amide bonds. The molecule has 1 saturated carbocycles. The molecule has 0 aromatic heterocycles. The monoisotopic (exact) mass is 614 g/mol. The van der Waals surface area contributed by atoms with Gasteiger partial charge in [-0.25, -0.2) is 0 Å². The van der Waals surface area contributed by atoms with Crippen molar-refractivity contribution in [1.29, 1.82) is 0 Å². The second-order valence-electron chi connectivity index (χ2n) is 9.77. The summed E-state index contributed by atoms with van der Waals surface area (Å²) in [6.45, 7) is -4.50. The van der Waals surface area contributed by atoms with Crippen LogP contribution in [0.4, 0.5) is 0 Å². The first-order valence-electron chi connectivity index (χ1n) is 13.0. The second-order valence-corrected chi connectivity index (χ2v) is 19.3. The standard InChI is InChI=1S/C31H32ClO4PSe/c33-32(34,35)36-37(27-17-7-3-8-18-27,28-19-9-4-10-20-28,29-21-11-5-12-22-29)31(25-15-1-2-16-26-31)38-30-23-13-6-14-24-30/h3-14,17-24H,1-2,15-16,25-26H2. The van der Waals surface area contributed by atoms with Gasteiger partial charge in [-0.15, -0.1) is 0 Å². The summed E-state index contributed by atoms with van der Waals surface area (Å²) in [5.74, 6) is 0. The van der Waals surface area contributed by atoms with Gasteiger partial charge in [0, 0.05) is 0 Å². The van der Waals surface area contributed by atoms with Gasteiger partial charge in [-0.05, 0) is 0 Å². The fourth-order valence-electron chi connectivity index (χ4n) is 6.25. The van der Waals surface area contributed by atoms with E-state index < -0.39 is 21.1 Å². The van der Waals surface area contributed by atoms with E-state index in [0.29, 0.717) is 0 Å². The Bertz CT molecular complexity index is 1210. The molecule has 1 aliphatic carbocycles. The molecule has 5 rings (SSSR count). The van der Waals surface area contributed by atoms with Crippen molar-refractivity contribution in [3.05, 3.63) is 121 Å². The van der Waals surface area contributed by atoms with E-state index in [4.69, 9.17) is 4.08 Å². The quantitative estimate of drug-likeness (QED) is 0.174. The van der Waals surface area contributed by atoms with Crippen molar-refractivity contribution in [1.82, 2.24) is 0 Å². The summed E-state index contributed by atoms with van der Waals surface area (Å²) in [4.78, 5) is 0. The van der Waals surface area contributed by atoms with Gasteiger partial charge in [0.1, 0.15) is 0 Å². The van der Waals surface area contributed by atoms with Gasteiger partial charge in [0.05, 0.1) is 0 Å². The van der Waals surface area contributed by atoms with Crippen LogP contribution >= 0.6 is 6.83 Å². The van der Waals surface area contributed by atoms with Gasteiger partial charge in [0.25, 0.3) is 0 Å². The summed E-state index contributed by atoms with van der Waals surface area (Å²) < 4.78 is 46.4. The topological polar surface area (TPSA) is 78.4 Å². The number of hydrogen-bond donors (Lipinski definition) is 0. The SMILES string of the molecule is [O-][Cl+3]([O-])([O-])OP(c1ccccc1)(c1ccccc1)(c1ccccc1)C1([Se]c2ccccc2)CCCCCC1. The van der Waals surface area contributed by atoms with Crippen LogP contribution in [0.2, 0.25) is 0 Å². The maximum atomic E-state index is 13.1. The molecular formula is C31H32ClO4PSe. The van der Waals surface area contributed by atoms with E-state index in [2.05, 4.69) is 12.1 Å². The zero-order chi connectivity index (χ0) is 26.6. The van der Waals surface area contributed by atoms with Crippen LogP contribution in [0.3, 0.4) is 0 Å². The number of hydrogen-bond acceptors (Lipinski definition) is 4. The number of benzene rings is 4. The molecule has 198 valence electrons. The molecule has 0 spiro atoms. The van der Waals surface area contributed by atoms with E-state index in [1.807, 2.05) is 109 Å². The van der Waals surface area contributed by atoms with Crippen molar-refractivity contribution >= 4 is 42.2 Å². The summed E-state index contributed by atoms with van der Waals surface area (Å²) in [5.41, 5.74) is 0. The molecule has 0 atom stereocenters. The summed E-state index contributed by atoms with van der Waals surface area (Å²) >= 11 is -0.224. The average molecular weight is 614 g/mol. The van der Waals surface area contributed by atoms with Gasteiger partial charge in [0.2, 0.25) is 0 Å². The van der Waals surface area contributed by atoms with Gasteiger partial charge >= 0.3 is 234 Å². The predicted octanol–water partition coefficient (Wildman–Crippen LogP) is 2.43. The Morgan fingerprint density at radius 1 is 0.553 bits per heavy atom. The Morgan fingerprint density at radius 2 is 0.921 bits per heavy atom. The van der Waals surface area contributed by atoms with Crippen LogP contribution in [0, 0.1) is 10.2 Å².